The lowest BCUT2D eigenvalue weighted by Crippen LogP contribution is -2.21. The average molecular weight is 327 g/mol. The summed E-state index contributed by atoms with van der Waals surface area (Å²) in [5, 5.41) is 4.69. The van der Waals surface area contributed by atoms with E-state index in [9.17, 15) is 4.79 Å². The van der Waals surface area contributed by atoms with Crippen LogP contribution in [0.4, 0.5) is 0 Å². The molecule has 0 aliphatic heterocycles. The first-order valence-electron chi connectivity index (χ1n) is 7.89. The largest absolute Gasteiger partial charge is 0.273 e. The lowest BCUT2D eigenvalue weighted by atomic mass is 9.87. The lowest BCUT2D eigenvalue weighted by Gasteiger charge is -2.18. The zero-order valence-electron chi connectivity index (χ0n) is 12.9. The van der Waals surface area contributed by atoms with Crippen LogP contribution in [0.5, 0.6) is 0 Å². The Balaban J connectivity index is 1.60. The van der Waals surface area contributed by atoms with Crippen molar-refractivity contribution in [1.82, 2.24) is 5.43 Å². The number of amides is 1. The van der Waals surface area contributed by atoms with E-state index in [-0.39, 0.29) is 5.91 Å². The number of carbonyl (C=O) groups is 1. The predicted octanol–water partition coefficient (Wildman–Crippen LogP) is 3.91. The predicted molar refractivity (Wildman–Crippen MR) is 94.0 cm³/mol. The number of nitrogens with one attached hydrogen (secondary N) is 1. The van der Waals surface area contributed by atoms with Gasteiger partial charge in [-0.05, 0) is 60.1 Å². The number of benzene rings is 2. The first-order chi connectivity index (χ1) is 11.2. The van der Waals surface area contributed by atoms with Crippen LogP contribution in [0.25, 0.3) is 0 Å². The fourth-order valence-corrected chi connectivity index (χ4v) is 3.09. The quantitative estimate of drug-likeness (QED) is 0.671. The van der Waals surface area contributed by atoms with Crippen molar-refractivity contribution in [1.29, 1.82) is 0 Å². The van der Waals surface area contributed by atoms with Crippen molar-refractivity contribution in [3.05, 3.63) is 69.7 Å². The van der Waals surface area contributed by atoms with Crippen LogP contribution in [-0.4, -0.2) is 12.1 Å². The molecule has 1 N–H and O–H groups in total. The highest BCUT2D eigenvalue weighted by Crippen LogP contribution is 2.24. The Morgan fingerprint density at radius 3 is 2.74 bits per heavy atom. The molecule has 0 unspecified atom stereocenters. The van der Waals surface area contributed by atoms with Gasteiger partial charge in [-0.3, -0.25) is 4.79 Å². The second-order valence-corrected chi connectivity index (χ2v) is 6.22. The molecule has 3 nitrogen and oxygen atoms in total. The molecular formula is C19H19ClN2O. The van der Waals surface area contributed by atoms with Gasteiger partial charge in [0.1, 0.15) is 0 Å². The number of hydrogen-bond donors (Lipinski definition) is 1. The van der Waals surface area contributed by atoms with E-state index in [4.69, 9.17) is 11.6 Å². The second kappa shape index (κ2) is 7.42. The van der Waals surface area contributed by atoms with Gasteiger partial charge in [0.05, 0.1) is 12.6 Å². The molecule has 23 heavy (non-hydrogen) atoms. The molecule has 0 fully saturated rings. The highest BCUT2D eigenvalue weighted by molar-refractivity contribution is 6.30. The van der Waals surface area contributed by atoms with Crippen LogP contribution < -0.4 is 5.43 Å². The SMILES string of the molecule is O=C(Cc1cccc2c1CCCC2)N/N=C\c1ccc(Cl)cc1. The summed E-state index contributed by atoms with van der Waals surface area (Å²) in [7, 11) is 0. The monoisotopic (exact) mass is 326 g/mol. The zero-order valence-corrected chi connectivity index (χ0v) is 13.6. The summed E-state index contributed by atoms with van der Waals surface area (Å²) in [6.45, 7) is 0. The van der Waals surface area contributed by atoms with Gasteiger partial charge in [0.2, 0.25) is 5.91 Å². The topological polar surface area (TPSA) is 41.5 Å². The van der Waals surface area contributed by atoms with Gasteiger partial charge in [-0.1, -0.05) is 41.9 Å². The Kier molecular flexibility index (Phi) is 5.09. The number of hydrogen-bond acceptors (Lipinski definition) is 2. The van der Waals surface area contributed by atoms with Crippen LogP contribution >= 0.6 is 11.6 Å². The van der Waals surface area contributed by atoms with Crippen LogP contribution in [0.15, 0.2) is 47.6 Å². The van der Waals surface area contributed by atoms with Crippen molar-refractivity contribution in [3.63, 3.8) is 0 Å². The molecular weight excluding hydrogens is 308 g/mol. The molecule has 1 amide bonds. The van der Waals surface area contributed by atoms with Gasteiger partial charge in [-0.25, -0.2) is 5.43 Å². The summed E-state index contributed by atoms with van der Waals surface area (Å²) in [4.78, 5) is 12.1. The van der Waals surface area contributed by atoms with Gasteiger partial charge in [-0.2, -0.15) is 5.10 Å². The Morgan fingerprint density at radius 1 is 1.13 bits per heavy atom. The Bertz CT molecular complexity index is 723. The Morgan fingerprint density at radius 2 is 1.91 bits per heavy atom. The summed E-state index contributed by atoms with van der Waals surface area (Å²) < 4.78 is 0. The number of halogens is 1. The van der Waals surface area contributed by atoms with Crippen molar-refractivity contribution >= 4 is 23.7 Å². The van der Waals surface area contributed by atoms with E-state index in [2.05, 4.69) is 16.6 Å². The number of hydrazone groups is 1. The minimum absolute atomic E-state index is 0.0887. The van der Waals surface area contributed by atoms with Crippen LogP contribution in [0.2, 0.25) is 5.02 Å². The molecule has 0 spiro atoms. The fraction of sp³-hybridized carbons (Fsp3) is 0.263. The maximum atomic E-state index is 12.1. The highest BCUT2D eigenvalue weighted by Gasteiger charge is 2.14. The van der Waals surface area contributed by atoms with E-state index < -0.39 is 0 Å². The standard InChI is InChI=1S/C19H19ClN2O/c20-17-10-8-14(9-11-17)13-21-22-19(23)12-16-6-3-5-15-4-1-2-7-18(15)16/h3,5-6,8-11,13H,1-2,4,7,12H2,(H,22,23)/b21-13-. The summed E-state index contributed by atoms with van der Waals surface area (Å²) >= 11 is 5.83. The number of nitrogens with zero attached hydrogens (tertiary/aromatic N) is 1. The maximum Gasteiger partial charge on any atom is 0.244 e. The van der Waals surface area contributed by atoms with E-state index in [1.807, 2.05) is 24.3 Å². The van der Waals surface area contributed by atoms with Gasteiger partial charge in [0, 0.05) is 5.02 Å². The minimum atomic E-state index is -0.0887. The zero-order chi connectivity index (χ0) is 16.1. The number of rotatable bonds is 4. The third-order valence-corrected chi connectivity index (χ3v) is 4.37. The third-order valence-electron chi connectivity index (χ3n) is 4.12. The maximum absolute atomic E-state index is 12.1. The number of fused-ring (bicyclic) bond motifs is 1. The first kappa shape index (κ1) is 15.8. The van der Waals surface area contributed by atoms with Crippen molar-refractivity contribution < 1.29 is 4.79 Å². The van der Waals surface area contributed by atoms with Crippen LogP contribution in [0, 0.1) is 0 Å². The molecule has 0 saturated carbocycles. The van der Waals surface area contributed by atoms with E-state index >= 15 is 0 Å². The van der Waals surface area contributed by atoms with Gasteiger partial charge < -0.3 is 0 Å². The van der Waals surface area contributed by atoms with E-state index in [0.717, 1.165) is 24.0 Å². The molecule has 0 saturated heterocycles. The summed E-state index contributed by atoms with van der Waals surface area (Å²) in [5.41, 5.74) is 7.37. The van der Waals surface area contributed by atoms with Crippen LogP contribution in [0.3, 0.4) is 0 Å². The molecule has 2 aromatic rings. The summed E-state index contributed by atoms with van der Waals surface area (Å²) in [6.07, 6.45) is 6.65. The molecule has 2 aromatic carbocycles. The summed E-state index contributed by atoms with van der Waals surface area (Å²) in [6, 6.07) is 13.6. The Hall–Kier alpha value is -2.13. The molecule has 3 rings (SSSR count). The van der Waals surface area contributed by atoms with Crippen LogP contribution in [0.1, 0.15) is 35.1 Å². The number of carbonyl (C=O) groups excluding carboxylic acids is 1. The van der Waals surface area contributed by atoms with Crippen molar-refractivity contribution in [2.24, 2.45) is 5.10 Å². The Labute approximate surface area is 141 Å². The molecule has 118 valence electrons. The smallest absolute Gasteiger partial charge is 0.244 e. The van der Waals surface area contributed by atoms with Gasteiger partial charge in [-0.15, -0.1) is 0 Å². The average Bonchev–Trinajstić information content (AvgIpc) is 2.57. The molecule has 0 bridgehead atoms. The van der Waals surface area contributed by atoms with E-state index in [1.165, 1.54) is 24.0 Å². The lowest BCUT2D eigenvalue weighted by molar-refractivity contribution is -0.120. The molecule has 4 heteroatoms. The molecule has 0 radical (unpaired) electrons. The van der Waals surface area contributed by atoms with Crippen LogP contribution in [-0.2, 0) is 24.1 Å². The van der Waals surface area contributed by atoms with Gasteiger partial charge >= 0.3 is 0 Å². The highest BCUT2D eigenvalue weighted by atomic mass is 35.5. The molecule has 0 heterocycles. The third kappa shape index (κ3) is 4.20. The van der Waals surface area contributed by atoms with Crippen molar-refractivity contribution in [2.45, 2.75) is 32.1 Å². The summed E-state index contributed by atoms with van der Waals surface area (Å²) in [5.74, 6) is -0.0887. The minimum Gasteiger partial charge on any atom is -0.273 e. The van der Waals surface area contributed by atoms with Gasteiger partial charge in [0.25, 0.3) is 0 Å². The van der Waals surface area contributed by atoms with Crippen molar-refractivity contribution in [3.8, 4) is 0 Å². The molecule has 0 atom stereocenters. The number of aryl methyl sites for hydroxylation is 1. The normalized spacial score (nSPS) is 13.8. The fourth-order valence-electron chi connectivity index (χ4n) is 2.97. The van der Waals surface area contributed by atoms with Gasteiger partial charge in [0.15, 0.2) is 0 Å². The van der Waals surface area contributed by atoms with E-state index in [0.29, 0.717) is 11.4 Å². The second-order valence-electron chi connectivity index (χ2n) is 5.78. The van der Waals surface area contributed by atoms with E-state index in [1.54, 1.807) is 18.3 Å². The first-order valence-corrected chi connectivity index (χ1v) is 8.27. The molecule has 0 aromatic heterocycles. The molecule has 1 aliphatic carbocycles. The molecule has 1 aliphatic rings. The van der Waals surface area contributed by atoms with Crippen molar-refractivity contribution in [2.75, 3.05) is 0 Å².